The number of hydrogen-bond acceptors (Lipinski definition) is 5. The van der Waals surface area contributed by atoms with Gasteiger partial charge in [-0.2, -0.15) is 8.42 Å². The molecule has 2 heterocycles. The second-order valence-electron chi connectivity index (χ2n) is 8.77. The summed E-state index contributed by atoms with van der Waals surface area (Å²) in [6.07, 6.45) is 0. The number of halogens is 1. The maximum Gasteiger partial charge on any atom is 0.286 e. The lowest BCUT2D eigenvalue weighted by Crippen LogP contribution is -2.44. The van der Waals surface area contributed by atoms with Gasteiger partial charge in [0.2, 0.25) is 5.91 Å². The first-order valence-electron chi connectivity index (χ1n) is 9.78. The molecule has 2 atom stereocenters. The molecule has 0 aromatic heterocycles. The quantitative estimate of drug-likeness (QED) is 0.736. The Morgan fingerprint density at radius 1 is 1.06 bits per heavy atom. The highest BCUT2D eigenvalue weighted by Crippen LogP contribution is 2.37. The largest absolute Gasteiger partial charge is 0.341 e. The topological polar surface area (TPSA) is 95.9 Å². The number of sulfonamides is 1. The van der Waals surface area contributed by atoms with E-state index in [1.54, 1.807) is 30.3 Å². The predicted octanol–water partition coefficient (Wildman–Crippen LogP) is 2.98. The molecule has 1 N–H and O–H groups in total. The zero-order valence-corrected chi connectivity index (χ0v) is 18.1. The molecule has 1 amide bonds. The van der Waals surface area contributed by atoms with Gasteiger partial charge in [0.25, 0.3) is 10.0 Å². The fourth-order valence-electron chi connectivity index (χ4n) is 4.09. The number of hydrogen-bond donors (Lipinski definition) is 1. The number of carbonyl (C=O) groups excluding carboxylic acids is 2. The zero-order valence-electron chi connectivity index (χ0n) is 17.3. The summed E-state index contributed by atoms with van der Waals surface area (Å²) in [5.74, 6) is -2.89. The Balaban J connectivity index is 1.74. The number of amidine groups is 1. The second-order valence-corrected chi connectivity index (χ2v) is 10.3. The lowest BCUT2D eigenvalue weighted by Gasteiger charge is -2.33. The molecule has 31 heavy (non-hydrogen) atoms. The van der Waals surface area contributed by atoms with E-state index >= 15 is 0 Å². The number of benzene rings is 2. The molecule has 0 spiro atoms. The van der Waals surface area contributed by atoms with Gasteiger partial charge in [0.05, 0.1) is 11.7 Å². The summed E-state index contributed by atoms with van der Waals surface area (Å²) in [7, 11) is -4.05. The number of amides is 1. The van der Waals surface area contributed by atoms with Gasteiger partial charge in [-0.15, -0.1) is 4.40 Å². The van der Waals surface area contributed by atoms with E-state index in [9.17, 15) is 22.4 Å². The van der Waals surface area contributed by atoms with Crippen molar-refractivity contribution in [3.05, 3.63) is 59.9 Å². The summed E-state index contributed by atoms with van der Waals surface area (Å²) in [5, 5.41) is 2.87. The molecular formula is C22H22FN3O4S. The minimum absolute atomic E-state index is 0.00724. The fourth-order valence-corrected chi connectivity index (χ4v) is 5.24. The first kappa shape index (κ1) is 21.2. The number of nitrogens with one attached hydrogen (secondary N) is 1. The Hall–Kier alpha value is -3.07. The summed E-state index contributed by atoms with van der Waals surface area (Å²) in [6.45, 7) is 5.61. The number of nitrogens with zero attached hydrogens (tertiary/aromatic N) is 2. The highest BCUT2D eigenvalue weighted by Gasteiger charge is 2.54. The van der Waals surface area contributed by atoms with E-state index in [0.717, 1.165) is 0 Å². The van der Waals surface area contributed by atoms with Crippen molar-refractivity contribution in [2.45, 2.75) is 38.3 Å². The molecular weight excluding hydrogens is 421 g/mol. The van der Waals surface area contributed by atoms with Crippen LogP contribution >= 0.6 is 0 Å². The van der Waals surface area contributed by atoms with E-state index in [4.69, 9.17) is 0 Å². The average Bonchev–Trinajstić information content (AvgIpc) is 2.93. The fraction of sp³-hybridized carbons (Fsp3) is 0.318. The van der Waals surface area contributed by atoms with Gasteiger partial charge in [0.15, 0.2) is 11.7 Å². The molecule has 1 fully saturated rings. The number of ketones is 1. The van der Waals surface area contributed by atoms with Crippen LogP contribution in [0.5, 0.6) is 0 Å². The molecule has 0 radical (unpaired) electrons. The minimum atomic E-state index is -4.05. The van der Waals surface area contributed by atoms with Crippen LogP contribution in [0.15, 0.2) is 57.8 Å². The maximum absolute atomic E-state index is 13.4. The Morgan fingerprint density at radius 3 is 2.35 bits per heavy atom. The second kappa shape index (κ2) is 7.26. The lowest BCUT2D eigenvalue weighted by atomic mass is 9.82. The van der Waals surface area contributed by atoms with Crippen LogP contribution in [0.2, 0.25) is 0 Å². The van der Waals surface area contributed by atoms with Crippen LogP contribution < -0.4 is 5.32 Å². The van der Waals surface area contributed by atoms with Crippen molar-refractivity contribution in [1.82, 2.24) is 4.90 Å². The van der Waals surface area contributed by atoms with Crippen LogP contribution in [0.4, 0.5) is 10.1 Å². The van der Waals surface area contributed by atoms with Gasteiger partial charge >= 0.3 is 0 Å². The predicted molar refractivity (Wildman–Crippen MR) is 113 cm³/mol. The van der Waals surface area contributed by atoms with Crippen LogP contribution in [0.3, 0.4) is 0 Å². The van der Waals surface area contributed by atoms with E-state index in [-0.39, 0.29) is 23.0 Å². The third-order valence-electron chi connectivity index (χ3n) is 5.40. The number of anilines is 1. The van der Waals surface area contributed by atoms with E-state index in [0.29, 0.717) is 5.56 Å². The number of rotatable bonds is 3. The van der Waals surface area contributed by atoms with E-state index in [1.165, 1.54) is 23.1 Å². The summed E-state index contributed by atoms with van der Waals surface area (Å²) in [6, 6.07) is 11.1. The molecule has 7 nitrogen and oxygen atoms in total. The molecule has 2 aromatic carbocycles. The molecule has 9 heteroatoms. The average molecular weight is 444 g/mol. The van der Waals surface area contributed by atoms with E-state index in [1.807, 2.05) is 20.8 Å². The molecule has 1 unspecified atom stereocenters. The Labute approximate surface area is 180 Å². The SMILES string of the molecule is CC(C)(C)[C@H]1C(=O)C(C2=NS(=O)(=O)c3ccccc3N2)C(=O)N1Cc1ccc(F)cc1. The van der Waals surface area contributed by atoms with E-state index < -0.39 is 44.9 Å². The molecule has 0 saturated carbocycles. The molecule has 4 rings (SSSR count). The van der Waals surface area contributed by atoms with Gasteiger partial charge in [-0.3, -0.25) is 9.59 Å². The van der Waals surface area contributed by atoms with Gasteiger partial charge in [-0.25, -0.2) is 4.39 Å². The molecule has 1 saturated heterocycles. The van der Waals surface area contributed by atoms with Crippen molar-refractivity contribution in [2.75, 3.05) is 5.32 Å². The number of Topliss-reactive ketones (excluding diaryl/α,β-unsaturated/α-hetero) is 1. The summed E-state index contributed by atoms with van der Waals surface area (Å²) in [5.41, 5.74) is 0.333. The van der Waals surface area contributed by atoms with Gasteiger partial charge in [0, 0.05) is 6.54 Å². The van der Waals surface area contributed by atoms with Crippen LogP contribution in [-0.2, 0) is 26.2 Å². The first-order chi connectivity index (χ1) is 14.5. The number of fused-ring (bicyclic) bond motifs is 1. The van der Waals surface area contributed by atoms with Crippen LogP contribution in [0.25, 0.3) is 0 Å². The maximum atomic E-state index is 13.4. The Morgan fingerprint density at radius 2 is 1.71 bits per heavy atom. The van der Waals surface area contributed by atoms with Crippen LogP contribution in [0.1, 0.15) is 26.3 Å². The third-order valence-corrected chi connectivity index (χ3v) is 6.75. The highest BCUT2D eigenvalue weighted by molar-refractivity contribution is 7.90. The molecule has 162 valence electrons. The monoisotopic (exact) mass is 443 g/mol. The normalized spacial score (nSPS) is 22.7. The highest BCUT2D eigenvalue weighted by atomic mass is 32.2. The Bertz CT molecular complexity index is 1200. The standard InChI is InChI=1S/C22H22FN3O4S/c1-22(2,3)19-18(27)17(21(28)26(19)12-13-8-10-14(23)11-9-13)20-24-15-6-4-5-7-16(15)31(29,30)25-20/h4-11,17,19H,12H2,1-3H3,(H,24,25)/t17?,19-/m1/s1. The summed E-state index contributed by atoms with van der Waals surface area (Å²) >= 11 is 0. The van der Waals surface area contributed by atoms with Crippen LogP contribution in [0, 0.1) is 17.2 Å². The number of para-hydroxylation sites is 1. The molecule has 2 aliphatic heterocycles. The van der Waals surface area contributed by atoms with E-state index in [2.05, 4.69) is 9.71 Å². The number of carbonyl (C=O) groups is 2. The van der Waals surface area contributed by atoms with Crippen molar-refractivity contribution in [1.29, 1.82) is 0 Å². The molecule has 2 aliphatic rings. The van der Waals surface area contributed by atoms with Crippen molar-refractivity contribution in [2.24, 2.45) is 15.7 Å². The molecule has 0 aliphatic carbocycles. The molecule has 2 aromatic rings. The van der Waals surface area contributed by atoms with Crippen LogP contribution in [-0.4, -0.2) is 36.9 Å². The smallest absolute Gasteiger partial charge is 0.286 e. The van der Waals surface area contributed by atoms with Crippen molar-refractivity contribution < 1.29 is 22.4 Å². The Kier molecular flexibility index (Phi) is 4.96. The van der Waals surface area contributed by atoms with Crippen molar-refractivity contribution in [3.8, 4) is 0 Å². The number of likely N-dealkylation sites (tertiary alicyclic amines) is 1. The molecule has 0 bridgehead atoms. The van der Waals surface area contributed by atoms with Crippen molar-refractivity contribution in [3.63, 3.8) is 0 Å². The first-order valence-corrected chi connectivity index (χ1v) is 11.2. The lowest BCUT2D eigenvalue weighted by molar-refractivity contribution is -0.132. The third kappa shape index (κ3) is 3.74. The van der Waals surface area contributed by atoms with Gasteiger partial charge < -0.3 is 10.2 Å². The van der Waals surface area contributed by atoms with Gasteiger partial charge in [-0.05, 0) is 35.2 Å². The summed E-state index contributed by atoms with van der Waals surface area (Å²) < 4.78 is 42.3. The van der Waals surface area contributed by atoms with Crippen molar-refractivity contribution >= 4 is 33.2 Å². The summed E-state index contributed by atoms with van der Waals surface area (Å²) in [4.78, 5) is 28.2. The minimum Gasteiger partial charge on any atom is -0.341 e. The van der Waals surface area contributed by atoms with Gasteiger partial charge in [0.1, 0.15) is 16.5 Å². The zero-order chi connectivity index (χ0) is 22.6. The van der Waals surface area contributed by atoms with Gasteiger partial charge in [-0.1, -0.05) is 45.0 Å².